The molecule has 6 aromatic carbocycles. The summed E-state index contributed by atoms with van der Waals surface area (Å²) in [6.45, 7) is 2.02. The molecule has 1 heterocycles. The highest BCUT2D eigenvalue weighted by molar-refractivity contribution is 5.81. The third kappa shape index (κ3) is 6.85. The lowest BCUT2D eigenvalue weighted by molar-refractivity contribution is 1.14. The Hall–Kier alpha value is -6.77. The van der Waals surface area contributed by atoms with Crippen LogP contribution in [0.2, 0.25) is 0 Å². The third-order valence-electron chi connectivity index (χ3n) is 8.29. The number of hydrogen-bond donors (Lipinski definition) is 0. The molecule has 0 saturated heterocycles. The summed E-state index contributed by atoms with van der Waals surface area (Å²) < 4.78 is 0. The van der Waals surface area contributed by atoms with Crippen LogP contribution in [0.3, 0.4) is 0 Å². The van der Waals surface area contributed by atoms with Crippen LogP contribution in [0.1, 0.15) is 18.1 Å². The molecule has 1 aromatic heterocycles. The molecular formula is C44H33N5. The number of hydrogen-bond acceptors (Lipinski definition) is 5. The van der Waals surface area contributed by atoms with Gasteiger partial charge in [0.15, 0.2) is 5.82 Å². The first kappa shape index (κ1) is 30.9. The Balaban J connectivity index is 1.18. The van der Waals surface area contributed by atoms with Gasteiger partial charge in [-0.25, -0.2) is 9.97 Å². The molecule has 0 amide bonds. The molecule has 0 fully saturated rings. The Labute approximate surface area is 287 Å². The highest BCUT2D eigenvalue weighted by Crippen LogP contribution is 2.38. The summed E-state index contributed by atoms with van der Waals surface area (Å²) in [4.78, 5) is 13.8. The van der Waals surface area contributed by atoms with Crippen LogP contribution in [0, 0.1) is 11.3 Å². The van der Waals surface area contributed by atoms with Crippen molar-refractivity contribution in [2.45, 2.75) is 6.92 Å². The molecule has 0 bridgehead atoms. The van der Waals surface area contributed by atoms with E-state index in [4.69, 9.17) is 9.97 Å². The second kappa shape index (κ2) is 14.3. The fourth-order valence-corrected chi connectivity index (χ4v) is 5.86. The van der Waals surface area contributed by atoms with Gasteiger partial charge in [0.25, 0.3) is 0 Å². The monoisotopic (exact) mass is 631 g/mol. The summed E-state index contributed by atoms with van der Waals surface area (Å²) in [5.41, 5.74) is 10.9. The zero-order valence-corrected chi connectivity index (χ0v) is 27.1. The Bertz CT molecular complexity index is 2190. The Kier molecular flexibility index (Phi) is 9.03. The van der Waals surface area contributed by atoms with Crippen LogP contribution in [0.5, 0.6) is 0 Å². The van der Waals surface area contributed by atoms with Gasteiger partial charge in [0.2, 0.25) is 0 Å². The van der Waals surface area contributed by atoms with Crippen LogP contribution in [0.25, 0.3) is 28.6 Å². The highest BCUT2D eigenvalue weighted by Gasteiger charge is 2.16. The lowest BCUT2D eigenvalue weighted by Crippen LogP contribution is -2.10. The molecule has 0 atom stereocenters. The van der Waals surface area contributed by atoms with Crippen molar-refractivity contribution >= 4 is 40.2 Å². The summed E-state index contributed by atoms with van der Waals surface area (Å²) in [5.74, 6) is 0.694. The smallest absolute Gasteiger partial charge is 0.159 e. The maximum Gasteiger partial charge on any atom is 0.159 e. The van der Waals surface area contributed by atoms with E-state index < -0.39 is 0 Å². The van der Waals surface area contributed by atoms with E-state index in [1.165, 1.54) is 0 Å². The van der Waals surface area contributed by atoms with Crippen LogP contribution in [0.4, 0.5) is 34.1 Å². The molecule has 0 aliphatic rings. The number of rotatable bonds is 9. The average molecular weight is 632 g/mol. The van der Waals surface area contributed by atoms with Crippen LogP contribution in [-0.2, 0) is 0 Å². The van der Waals surface area contributed by atoms with Crippen LogP contribution in [0.15, 0.2) is 176 Å². The Morgan fingerprint density at radius 1 is 0.469 bits per heavy atom. The summed E-state index contributed by atoms with van der Waals surface area (Å²) >= 11 is 0. The van der Waals surface area contributed by atoms with E-state index >= 15 is 0 Å². The fourth-order valence-electron chi connectivity index (χ4n) is 5.86. The molecule has 0 radical (unpaired) electrons. The highest BCUT2D eigenvalue weighted by atomic mass is 15.2. The van der Waals surface area contributed by atoms with Crippen molar-refractivity contribution < 1.29 is 0 Å². The summed E-state index contributed by atoms with van der Waals surface area (Å²) in [6, 6.07) is 55.8. The molecule has 0 unspecified atom stereocenters. The van der Waals surface area contributed by atoms with E-state index in [1.54, 1.807) is 0 Å². The molecule has 5 nitrogen and oxygen atoms in total. The number of nitrogens with zero attached hydrogens (tertiary/aromatic N) is 5. The largest absolute Gasteiger partial charge is 0.311 e. The lowest BCUT2D eigenvalue weighted by atomic mass is 10.0. The van der Waals surface area contributed by atoms with Gasteiger partial charge in [0.1, 0.15) is 0 Å². The number of allylic oxidation sites excluding steroid dienone is 1. The van der Waals surface area contributed by atoms with Crippen LogP contribution >= 0.6 is 0 Å². The van der Waals surface area contributed by atoms with Crippen molar-refractivity contribution in [1.82, 2.24) is 9.97 Å². The van der Waals surface area contributed by atoms with Gasteiger partial charge in [-0.1, -0.05) is 97.1 Å². The van der Waals surface area contributed by atoms with E-state index in [-0.39, 0.29) is 0 Å². The van der Waals surface area contributed by atoms with Gasteiger partial charge in [-0.2, -0.15) is 5.26 Å². The van der Waals surface area contributed by atoms with E-state index in [2.05, 4.69) is 107 Å². The number of nitriles is 1. The second-order valence-electron chi connectivity index (χ2n) is 11.5. The Morgan fingerprint density at radius 3 is 1.39 bits per heavy atom. The first-order valence-corrected chi connectivity index (χ1v) is 16.2. The van der Waals surface area contributed by atoms with Gasteiger partial charge < -0.3 is 9.80 Å². The molecule has 0 spiro atoms. The van der Waals surface area contributed by atoms with Crippen LogP contribution in [-0.4, -0.2) is 9.97 Å². The minimum atomic E-state index is 0.633. The van der Waals surface area contributed by atoms with E-state index in [1.807, 2.05) is 98.2 Å². The molecular weight excluding hydrogens is 599 g/mol. The van der Waals surface area contributed by atoms with Gasteiger partial charge in [-0.3, -0.25) is 0 Å². The quantitative estimate of drug-likeness (QED) is 0.159. The van der Waals surface area contributed by atoms with Crippen molar-refractivity contribution in [3.05, 3.63) is 187 Å². The van der Waals surface area contributed by atoms with Crippen molar-refractivity contribution in [3.8, 4) is 28.6 Å². The molecule has 0 N–H and O–H groups in total. The maximum absolute atomic E-state index is 9.36. The van der Waals surface area contributed by atoms with Gasteiger partial charge >= 0.3 is 0 Å². The molecule has 7 aromatic rings. The van der Waals surface area contributed by atoms with Crippen molar-refractivity contribution in [2.75, 3.05) is 9.80 Å². The van der Waals surface area contributed by atoms with E-state index in [0.29, 0.717) is 11.4 Å². The first-order valence-electron chi connectivity index (χ1n) is 16.2. The zero-order valence-electron chi connectivity index (χ0n) is 27.1. The van der Waals surface area contributed by atoms with Crippen molar-refractivity contribution in [3.63, 3.8) is 0 Å². The van der Waals surface area contributed by atoms with Gasteiger partial charge in [-0.15, -0.1) is 0 Å². The van der Waals surface area contributed by atoms with Gasteiger partial charge in [-0.05, 0) is 96.4 Å². The van der Waals surface area contributed by atoms with Gasteiger partial charge in [0.05, 0.1) is 29.7 Å². The van der Waals surface area contributed by atoms with E-state index in [0.717, 1.165) is 56.4 Å². The predicted octanol–water partition coefficient (Wildman–Crippen LogP) is 11.7. The molecule has 0 aliphatic heterocycles. The topological polar surface area (TPSA) is 56.1 Å². The molecule has 0 saturated carbocycles. The molecule has 234 valence electrons. The summed E-state index contributed by atoms with van der Waals surface area (Å²) in [5, 5.41) is 9.36. The standard InChI is InChI=1S/C44H33N5/c1-2-9-33-14-22-39(23-15-33)48(40-24-16-34(30-45)17-25-40)41-26-18-35(19-27-41)36-20-28-42(29-21-36)49(38-12-7-4-8-13-38)43-31-46-44(47-32-43)37-10-5-3-6-11-37/h2-29,31-32H,1H3/b9-2+. The SMILES string of the molecule is C/C=C/c1ccc(N(c2ccc(C#N)cc2)c2ccc(-c3ccc(N(c4ccccc4)c4cnc(-c5ccccc5)nc4)cc3)cc2)cc1. The first-order chi connectivity index (χ1) is 24.2. The molecule has 5 heteroatoms. The minimum Gasteiger partial charge on any atom is -0.311 e. The van der Waals surface area contributed by atoms with Crippen molar-refractivity contribution in [2.24, 2.45) is 0 Å². The normalized spacial score (nSPS) is 10.9. The zero-order chi connectivity index (χ0) is 33.4. The van der Waals surface area contributed by atoms with Gasteiger partial charge in [0, 0.05) is 34.0 Å². The molecule has 0 aliphatic carbocycles. The predicted molar refractivity (Wildman–Crippen MR) is 202 cm³/mol. The number of benzene rings is 6. The van der Waals surface area contributed by atoms with Crippen LogP contribution < -0.4 is 9.80 Å². The third-order valence-corrected chi connectivity index (χ3v) is 8.29. The average Bonchev–Trinajstić information content (AvgIpc) is 3.18. The number of aromatic nitrogens is 2. The van der Waals surface area contributed by atoms with Crippen molar-refractivity contribution in [1.29, 1.82) is 5.26 Å². The summed E-state index contributed by atoms with van der Waals surface area (Å²) in [6.07, 6.45) is 7.88. The summed E-state index contributed by atoms with van der Waals surface area (Å²) in [7, 11) is 0. The Morgan fingerprint density at radius 2 is 0.898 bits per heavy atom. The molecule has 7 rings (SSSR count). The number of anilines is 6. The molecule has 49 heavy (non-hydrogen) atoms. The maximum atomic E-state index is 9.36. The van der Waals surface area contributed by atoms with E-state index in [9.17, 15) is 5.26 Å². The second-order valence-corrected chi connectivity index (χ2v) is 11.5. The number of para-hydroxylation sites is 1. The minimum absolute atomic E-state index is 0.633. The fraction of sp³-hybridized carbons (Fsp3) is 0.0227. The lowest BCUT2D eigenvalue weighted by Gasteiger charge is -2.26.